The summed E-state index contributed by atoms with van der Waals surface area (Å²) in [4.78, 5) is 0.0593. The van der Waals surface area contributed by atoms with Crippen LogP contribution in [0.25, 0.3) is 10.9 Å². The van der Waals surface area contributed by atoms with Gasteiger partial charge in [0.05, 0.1) is 16.6 Å². The molecule has 0 aliphatic heterocycles. The highest BCUT2D eigenvalue weighted by atomic mass is 32.2. The third-order valence-electron chi connectivity index (χ3n) is 3.87. The van der Waals surface area contributed by atoms with Crippen molar-refractivity contribution in [3.05, 3.63) is 60.0 Å². The maximum Gasteiger partial charge on any atom is 0.240 e. The first kappa shape index (κ1) is 16.6. The number of rotatable bonds is 6. The third-order valence-corrected chi connectivity index (χ3v) is 5.35. The maximum atomic E-state index is 12.9. The van der Waals surface area contributed by atoms with Crippen LogP contribution in [0.1, 0.15) is 12.0 Å². The molecule has 0 aliphatic carbocycles. The number of fused-ring (bicyclic) bond motifs is 1. The molecule has 5 nitrogen and oxygen atoms in total. The van der Waals surface area contributed by atoms with Gasteiger partial charge >= 0.3 is 0 Å². The van der Waals surface area contributed by atoms with Gasteiger partial charge in [-0.15, -0.1) is 0 Å². The number of halogens is 1. The van der Waals surface area contributed by atoms with Gasteiger partial charge in [-0.05, 0) is 49.2 Å². The molecule has 126 valence electrons. The van der Waals surface area contributed by atoms with Crippen LogP contribution < -0.4 is 4.72 Å². The summed E-state index contributed by atoms with van der Waals surface area (Å²) in [5.41, 5.74) is 2.20. The van der Waals surface area contributed by atoms with Crippen LogP contribution in [0.15, 0.2) is 53.6 Å². The first-order chi connectivity index (χ1) is 11.5. The van der Waals surface area contributed by atoms with Crippen molar-refractivity contribution in [2.24, 2.45) is 0 Å². The van der Waals surface area contributed by atoms with E-state index in [9.17, 15) is 12.8 Å². The average molecular weight is 347 g/mol. The summed E-state index contributed by atoms with van der Waals surface area (Å²) < 4.78 is 41.5. The van der Waals surface area contributed by atoms with Crippen LogP contribution in [0.3, 0.4) is 0 Å². The second-order valence-corrected chi connectivity index (χ2v) is 7.35. The van der Waals surface area contributed by atoms with E-state index in [1.165, 1.54) is 12.1 Å². The summed E-state index contributed by atoms with van der Waals surface area (Å²) in [6.45, 7) is 2.93. The number of aromatic nitrogens is 2. The van der Waals surface area contributed by atoms with Crippen LogP contribution in [0, 0.1) is 12.7 Å². The van der Waals surface area contributed by atoms with Crippen molar-refractivity contribution < 1.29 is 12.8 Å². The molecule has 2 aromatic carbocycles. The minimum atomic E-state index is -3.61. The fourth-order valence-electron chi connectivity index (χ4n) is 2.56. The summed E-state index contributed by atoms with van der Waals surface area (Å²) in [6, 6.07) is 10.8. The van der Waals surface area contributed by atoms with Crippen LogP contribution in [-0.4, -0.2) is 24.7 Å². The van der Waals surface area contributed by atoms with Gasteiger partial charge in [-0.25, -0.2) is 17.5 Å². The van der Waals surface area contributed by atoms with E-state index >= 15 is 0 Å². The number of nitrogens with one attached hydrogen (secondary N) is 1. The Hall–Kier alpha value is -2.25. The molecule has 0 aliphatic rings. The Morgan fingerprint density at radius 2 is 1.92 bits per heavy atom. The smallest absolute Gasteiger partial charge is 0.240 e. The van der Waals surface area contributed by atoms with Crippen LogP contribution >= 0.6 is 0 Å². The van der Waals surface area contributed by atoms with E-state index in [0.717, 1.165) is 28.6 Å². The summed E-state index contributed by atoms with van der Waals surface area (Å²) in [5, 5.41) is 5.46. The molecule has 0 atom stereocenters. The van der Waals surface area contributed by atoms with Crippen molar-refractivity contribution in [1.82, 2.24) is 14.5 Å². The topological polar surface area (TPSA) is 64.0 Å². The van der Waals surface area contributed by atoms with Crippen LogP contribution in [0.4, 0.5) is 4.39 Å². The first-order valence-electron chi connectivity index (χ1n) is 7.64. The van der Waals surface area contributed by atoms with Crippen molar-refractivity contribution in [2.45, 2.75) is 24.8 Å². The first-order valence-corrected chi connectivity index (χ1v) is 9.12. The van der Waals surface area contributed by atoms with Gasteiger partial charge < -0.3 is 0 Å². The second kappa shape index (κ2) is 6.70. The molecule has 0 fully saturated rings. The Kier molecular flexibility index (Phi) is 4.64. The van der Waals surface area contributed by atoms with Crippen LogP contribution in [0.5, 0.6) is 0 Å². The Morgan fingerprint density at radius 3 is 2.67 bits per heavy atom. The molecule has 3 rings (SSSR count). The molecule has 0 saturated heterocycles. The Labute approximate surface area is 140 Å². The highest BCUT2D eigenvalue weighted by molar-refractivity contribution is 7.89. The van der Waals surface area contributed by atoms with E-state index in [2.05, 4.69) is 9.82 Å². The SMILES string of the molecule is Cc1cccc2c1cnn2CCCNS(=O)(=O)c1ccc(F)cc1. The number of nitrogens with zero attached hydrogens (tertiary/aromatic N) is 2. The average Bonchev–Trinajstić information content (AvgIpc) is 2.97. The van der Waals surface area contributed by atoms with Gasteiger partial charge in [0.25, 0.3) is 0 Å². The Morgan fingerprint density at radius 1 is 1.17 bits per heavy atom. The molecule has 0 bridgehead atoms. The lowest BCUT2D eigenvalue weighted by Gasteiger charge is -2.07. The number of aryl methyl sites for hydroxylation is 2. The summed E-state index contributed by atoms with van der Waals surface area (Å²) in [7, 11) is -3.61. The number of hydrogen-bond acceptors (Lipinski definition) is 3. The summed E-state index contributed by atoms with van der Waals surface area (Å²) in [6.07, 6.45) is 2.43. The van der Waals surface area contributed by atoms with E-state index < -0.39 is 15.8 Å². The Bertz CT molecular complexity index is 950. The molecule has 7 heteroatoms. The molecule has 24 heavy (non-hydrogen) atoms. The van der Waals surface area contributed by atoms with Crippen molar-refractivity contribution >= 4 is 20.9 Å². The molecular formula is C17H18FN3O2S. The lowest BCUT2D eigenvalue weighted by Crippen LogP contribution is -2.25. The fourth-order valence-corrected chi connectivity index (χ4v) is 3.63. The molecule has 0 spiro atoms. The van der Waals surface area contributed by atoms with E-state index in [-0.39, 0.29) is 11.4 Å². The minimum Gasteiger partial charge on any atom is -0.265 e. The van der Waals surface area contributed by atoms with Crippen LogP contribution in [0.2, 0.25) is 0 Å². The molecule has 0 radical (unpaired) electrons. The predicted octanol–water partition coefficient (Wildman–Crippen LogP) is 2.85. The maximum absolute atomic E-state index is 12.9. The fraction of sp³-hybridized carbons (Fsp3) is 0.235. The zero-order chi connectivity index (χ0) is 17.2. The lowest BCUT2D eigenvalue weighted by molar-refractivity contribution is 0.559. The van der Waals surface area contributed by atoms with Gasteiger partial charge in [0.15, 0.2) is 0 Å². The van der Waals surface area contributed by atoms with Gasteiger partial charge in [-0.1, -0.05) is 12.1 Å². The quantitative estimate of drug-likeness (QED) is 0.698. The highest BCUT2D eigenvalue weighted by Gasteiger charge is 2.13. The van der Waals surface area contributed by atoms with E-state index in [1.54, 1.807) is 0 Å². The molecular weight excluding hydrogens is 329 g/mol. The second-order valence-electron chi connectivity index (χ2n) is 5.58. The van der Waals surface area contributed by atoms with Crippen molar-refractivity contribution in [3.8, 4) is 0 Å². The summed E-state index contributed by atoms with van der Waals surface area (Å²) in [5.74, 6) is -0.463. The third kappa shape index (κ3) is 3.47. The summed E-state index contributed by atoms with van der Waals surface area (Å²) >= 11 is 0. The number of sulfonamides is 1. The molecule has 1 heterocycles. The highest BCUT2D eigenvalue weighted by Crippen LogP contribution is 2.17. The van der Waals surface area contributed by atoms with E-state index in [1.807, 2.05) is 36.0 Å². The largest absolute Gasteiger partial charge is 0.265 e. The minimum absolute atomic E-state index is 0.0593. The van der Waals surface area contributed by atoms with Gasteiger partial charge in [-0.3, -0.25) is 4.68 Å². The van der Waals surface area contributed by atoms with E-state index in [0.29, 0.717) is 13.0 Å². The zero-order valence-electron chi connectivity index (χ0n) is 13.2. The normalized spacial score (nSPS) is 11.9. The van der Waals surface area contributed by atoms with Gasteiger partial charge in [-0.2, -0.15) is 5.10 Å². The zero-order valence-corrected chi connectivity index (χ0v) is 14.1. The monoisotopic (exact) mass is 347 g/mol. The van der Waals surface area contributed by atoms with Gasteiger partial charge in [0.1, 0.15) is 5.82 Å². The lowest BCUT2D eigenvalue weighted by atomic mass is 10.1. The van der Waals surface area contributed by atoms with Crippen LogP contribution in [-0.2, 0) is 16.6 Å². The Balaban J connectivity index is 1.60. The van der Waals surface area contributed by atoms with E-state index in [4.69, 9.17) is 0 Å². The van der Waals surface area contributed by atoms with Crippen molar-refractivity contribution in [3.63, 3.8) is 0 Å². The predicted molar refractivity (Wildman–Crippen MR) is 90.7 cm³/mol. The standard InChI is InChI=1S/C17H18FN3O2S/c1-13-4-2-5-17-16(13)12-19-21(17)11-3-10-20-24(22,23)15-8-6-14(18)7-9-15/h2,4-9,12,20H,3,10-11H2,1H3. The number of benzene rings is 2. The molecule has 0 unspecified atom stereocenters. The molecule has 1 N–H and O–H groups in total. The molecule has 3 aromatic rings. The van der Waals surface area contributed by atoms with Gasteiger partial charge in [0.2, 0.25) is 10.0 Å². The van der Waals surface area contributed by atoms with Gasteiger partial charge in [0, 0.05) is 18.5 Å². The molecule has 0 saturated carbocycles. The molecule has 0 amide bonds. The molecule has 1 aromatic heterocycles. The van der Waals surface area contributed by atoms with Crippen molar-refractivity contribution in [2.75, 3.05) is 6.54 Å². The van der Waals surface area contributed by atoms with Crippen molar-refractivity contribution in [1.29, 1.82) is 0 Å². The number of hydrogen-bond donors (Lipinski definition) is 1.